The molecule has 0 unspecified atom stereocenters. The molecule has 121 valence electrons. The van der Waals surface area contributed by atoms with Crippen LogP contribution < -0.4 is 0 Å². The van der Waals surface area contributed by atoms with Gasteiger partial charge in [0.05, 0.1) is 0 Å². The van der Waals surface area contributed by atoms with E-state index in [1.807, 2.05) is 0 Å². The molecule has 0 aliphatic rings. The van der Waals surface area contributed by atoms with Crippen LogP contribution in [-0.4, -0.2) is 29.6 Å². The average molecular weight is 319 g/mol. The van der Waals surface area contributed by atoms with Crippen molar-refractivity contribution in [1.29, 1.82) is 0 Å². The molecule has 0 saturated carbocycles. The van der Waals surface area contributed by atoms with Gasteiger partial charge < -0.3 is 0 Å². The van der Waals surface area contributed by atoms with Gasteiger partial charge in [-0.05, 0) is 43.7 Å². The summed E-state index contributed by atoms with van der Waals surface area (Å²) in [6.07, 6.45) is 0. The Balaban J connectivity index is 0.00000264. The largest absolute Gasteiger partial charge is 0.0616 e. The van der Waals surface area contributed by atoms with Gasteiger partial charge in [0.1, 0.15) is 0 Å². The third-order valence-corrected chi connectivity index (χ3v) is 4.36. The first-order valence-electron chi connectivity index (χ1n) is 8.40. The summed E-state index contributed by atoms with van der Waals surface area (Å²) in [6.45, 7) is 21.1. The molecule has 0 N–H and O–H groups in total. The number of hydrogen-bond donors (Lipinski definition) is 0. The normalized spacial score (nSPS) is 13.1. The Hall–Kier alpha value is -0.300. The third-order valence-electron chi connectivity index (χ3n) is 4.36. The van der Waals surface area contributed by atoms with Crippen molar-refractivity contribution in [3.63, 3.8) is 0 Å². The van der Waals surface area contributed by atoms with E-state index in [0.717, 1.165) is 0 Å². The third kappa shape index (κ3) is 4.21. The van der Waals surface area contributed by atoms with Gasteiger partial charge in [0, 0.05) is 29.6 Å². The van der Waals surface area contributed by atoms with Crippen molar-refractivity contribution in [3.8, 4) is 0 Å². The van der Waals surface area contributed by atoms with Crippen molar-refractivity contribution in [2.45, 2.75) is 78.6 Å². The maximum absolute atomic E-state index is 2.42. The minimum Gasteiger partial charge on any atom is -0.0616 e. The summed E-state index contributed by atoms with van der Waals surface area (Å²) < 4.78 is 0. The second-order valence-corrected chi connectivity index (χ2v) is 9.65. The fourth-order valence-corrected chi connectivity index (χ4v) is 3.50. The first-order valence-corrected chi connectivity index (χ1v) is 8.40. The van der Waals surface area contributed by atoms with Crippen molar-refractivity contribution >= 4 is 40.3 Å². The van der Waals surface area contributed by atoms with Gasteiger partial charge in [-0.2, -0.15) is 0 Å². The van der Waals surface area contributed by atoms with E-state index in [0.29, 0.717) is 0 Å². The Morgan fingerprint density at radius 3 is 1.52 bits per heavy atom. The molecule has 0 aliphatic heterocycles. The molecule has 0 aliphatic carbocycles. The van der Waals surface area contributed by atoms with Gasteiger partial charge in [0.15, 0.2) is 0 Å². The maximum Gasteiger partial charge on any atom is 0 e. The Morgan fingerprint density at radius 1 is 0.609 bits per heavy atom. The monoisotopic (exact) mass is 319 g/mol. The summed E-state index contributed by atoms with van der Waals surface area (Å²) >= 11 is 0. The molecule has 0 bridgehead atoms. The van der Waals surface area contributed by atoms with E-state index >= 15 is 0 Å². The molecular weight excluding hydrogens is 287 g/mol. The topological polar surface area (TPSA) is 0 Å². The number of fused-ring (bicyclic) bond motifs is 1. The molecule has 0 amide bonds. The Kier molecular flexibility index (Phi) is 5.90. The van der Waals surface area contributed by atoms with E-state index in [2.05, 4.69) is 92.6 Å². The zero-order chi connectivity index (χ0) is 16.9. The van der Waals surface area contributed by atoms with Gasteiger partial charge in [0.2, 0.25) is 0 Å². The van der Waals surface area contributed by atoms with E-state index < -0.39 is 0 Å². The molecule has 0 aromatic heterocycles. The van der Waals surface area contributed by atoms with Crippen molar-refractivity contribution < 1.29 is 0 Å². The molecule has 1 radical (unpaired) electrons. The first-order chi connectivity index (χ1) is 9.83. The summed E-state index contributed by atoms with van der Waals surface area (Å²) in [4.78, 5) is 0. The minimum atomic E-state index is 0. The molecule has 0 heterocycles. The summed E-state index contributed by atoms with van der Waals surface area (Å²) in [5.41, 5.74) is 4.95. The molecule has 0 spiro atoms. The molecule has 0 saturated heterocycles. The SMILES string of the molecule is CC(C)(C)c1cc2ccccc2c(C(C)(C)C)c1C(C)(C)C.[Na]. The molecule has 2 aromatic carbocycles. The maximum atomic E-state index is 2.42. The Bertz CT molecular complexity index is 689. The fraction of sp³-hybridized carbons (Fsp3) is 0.545. The van der Waals surface area contributed by atoms with E-state index in [4.69, 9.17) is 0 Å². The molecule has 2 aromatic rings. The average Bonchev–Trinajstić information content (AvgIpc) is 2.33. The predicted molar refractivity (Wildman–Crippen MR) is 106 cm³/mol. The van der Waals surface area contributed by atoms with Crippen LogP contribution >= 0.6 is 0 Å². The minimum absolute atomic E-state index is 0. The Morgan fingerprint density at radius 2 is 1.09 bits per heavy atom. The molecule has 0 nitrogen and oxygen atoms in total. The summed E-state index contributed by atoms with van der Waals surface area (Å²) in [5.74, 6) is 0. The second kappa shape index (κ2) is 6.54. The van der Waals surface area contributed by atoms with Crippen LogP contribution in [0.1, 0.15) is 79.0 Å². The van der Waals surface area contributed by atoms with Crippen LogP contribution in [0.4, 0.5) is 0 Å². The second-order valence-electron chi connectivity index (χ2n) is 9.65. The summed E-state index contributed by atoms with van der Waals surface area (Å²) in [6, 6.07) is 11.3. The zero-order valence-corrected chi connectivity index (χ0v) is 18.9. The van der Waals surface area contributed by atoms with Gasteiger partial charge in [-0.1, -0.05) is 92.6 Å². The van der Waals surface area contributed by atoms with Crippen LogP contribution in [0, 0.1) is 0 Å². The number of benzene rings is 2. The van der Waals surface area contributed by atoms with Crippen LogP contribution in [0.15, 0.2) is 30.3 Å². The van der Waals surface area contributed by atoms with Gasteiger partial charge >= 0.3 is 0 Å². The van der Waals surface area contributed by atoms with Crippen LogP contribution in [0.3, 0.4) is 0 Å². The van der Waals surface area contributed by atoms with Gasteiger partial charge in [0.25, 0.3) is 0 Å². The molecular formula is C22H32Na. The van der Waals surface area contributed by atoms with E-state index in [9.17, 15) is 0 Å². The quantitative estimate of drug-likeness (QED) is 0.496. The fourth-order valence-electron chi connectivity index (χ4n) is 3.50. The number of hydrogen-bond acceptors (Lipinski definition) is 0. The van der Waals surface area contributed by atoms with Gasteiger partial charge in [-0.25, -0.2) is 0 Å². The van der Waals surface area contributed by atoms with E-state index in [-0.39, 0.29) is 45.8 Å². The van der Waals surface area contributed by atoms with E-state index in [1.54, 1.807) is 0 Å². The summed E-state index contributed by atoms with van der Waals surface area (Å²) in [5, 5.41) is 2.78. The standard InChI is InChI=1S/C22H32.Na/c1-20(2,3)17-14-15-12-10-11-13-16(15)18(21(4,5)6)19(17)22(7,8)9;/h10-14H,1-9H3;. The van der Waals surface area contributed by atoms with Crippen LogP contribution in [-0.2, 0) is 16.2 Å². The molecule has 23 heavy (non-hydrogen) atoms. The van der Waals surface area contributed by atoms with E-state index in [1.165, 1.54) is 27.5 Å². The number of rotatable bonds is 0. The van der Waals surface area contributed by atoms with Crippen molar-refractivity contribution in [3.05, 3.63) is 47.0 Å². The van der Waals surface area contributed by atoms with Crippen molar-refractivity contribution in [1.82, 2.24) is 0 Å². The smallest absolute Gasteiger partial charge is 0 e. The van der Waals surface area contributed by atoms with Gasteiger partial charge in [-0.15, -0.1) is 0 Å². The molecule has 1 heteroatoms. The molecule has 0 atom stereocenters. The summed E-state index contributed by atoms with van der Waals surface area (Å²) in [7, 11) is 0. The van der Waals surface area contributed by atoms with Crippen LogP contribution in [0.2, 0.25) is 0 Å². The molecule has 2 rings (SSSR count). The van der Waals surface area contributed by atoms with Crippen molar-refractivity contribution in [2.24, 2.45) is 0 Å². The zero-order valence-electron chi connectivity index (χ0n) is 16.9. The van der Waals surface area contributed by atoms with Crippen molar-refractivity contribution in [2.75, 3.05) is 0 Å². The first kappa shape index (κ1) is 20.7. The van der Waals surface area contributed by atoms with Crippen LogP contribution in [0.5, 0.6) is 0 Å². The predicted octanol–water partition coefficient (Wildman–Crippen LogP) is 6.35. The molecule has 0 fully saturated rings. The Labute approximate surface area is 165 Å². The van der Waals surface area contributed by atoms with Crippen LogP contribution in [0.25, 0.3) is 10.8 Å². The van der Waals surface area contributed by atoms with Gasteiger partial charge in [-0.3, -0.25) is 0 Å².